The second kappa shape index (κ2) is 6.61. The quantitative estimate of drug-likeness (QED) is 0.357. The Balaban J connectivity index is 3.30. The van der Waals surface area contributed by atoms with Gasteiger partial charge in [0.2, 0.25) is 5.91 Å². The van der Waals surface area contributed by atoms with Crippen LogP contribution in [0.2, 0.25) is 0 Å². The van der Waals surface area contributed by atoms with Crippen LogP contribution in [0, 0.1) is 0 Å². The molecule has 1 amide bonds. The minimum absolute atomic E-state index is 0.0836. The van der Waals surface area contributed by atoms with Gasteiger partial charge in [-0.25, -0.2) is 5.43 Å². The summed E-state index contributed by atoms with van der Waals surface area (Å²) in [4.78, 5) is 10.6. The number of thiol groups is 1. The monoisotopic (exact) mass is 160 g/mol. The van der Waals surface area contributed by atoms with Crippen molar-refractivity contribution in [2.45, 2.75) is 19.8 Å². The maximum Gasteiger partial charge on any atom is 0.240 e. The number of rotatable bonds is 4. The normalized spacial score (nSPS) is 10.2. The average molecular weight is 160 g/mol. The van der Waals surface area contributed by atoms with Gasteiger partial charge in [-0.3, -0.25) is 4.79 Å². The van der Waals surface area contributed by atoms with Gasteiger partial charge in [-0.05, 0) is 12.2 Å². The van der Waals surface area contributed by atoms with Crippen molar-refractivity contribution in [3.63, 3.8) is 0 Å². The van der Waals surface area contributed by atoms with Gasteiger partial charge in [0.25, 0.3) is 0 Å². The minimum atomic E-state index is -0.0836. The van der Waals surface area contributed by atoms with Gasteiger partial charge in [0.1, 0.15) is 0 Å². The first-order valence-electron chi connectivity index (χ1n) is 3.22. The predicted molar refractivity (Wildman–Crippen MR) is 45.4 cm³/mol. The van der Waals surface area contributed by atoms with Crippen LogP contribution in [0.15, 0.2) is 5.10 Å². The van der Waals surface area contributed by atoms with Crippen molar-refractivity contribution in [3.8, 4) is 0 Å². The van der Waals surface area contributed by atoms with Crippen molar-refractivity contribution in [2.24, 2.45) is 5.10 Å². The first-order valence-corrected chi connectivity index (χ1v) is 3.85. The van der Waals surface area contributed by atoms with Crippen LogP contribution in [0.1, 0.15) is 19.8 Å². The maximum atomic E-state index is 10.6. The smallest absolute Gasteiger partial charge is 0.240 e. The Morgan fingerprint density at radius 3 is 3.00 bits per heavy atom. The molecule has 0 aromatic rings. The van der Waals surface area contributed by atoms with Crippen LogP contribution >= 0.6 is 12.6 Å². The zero-order valence-electron chi connectivity index (χ0n) is 6.00. The molecule has 0 rings (SSSR count). The van der Waals surface area contributed by atoms with Crippen molar-refractivity contribution in [3.05, 3.63) is 0 Å². The molecule has 0 saturated heterocycles. The van der Waals surface area contributed by atoms with E-state index in [1.54, 1.807) is 6.21 Å². The summed E-state index contributed by atoms with van der Waals surface area (Å²) in [5.74, 6) is 0.479. The molecule has 0 saturated carbocycles. The van der Waals surface area contributed by atoms with Crippen LogP contribution in [0.3, 0.4) is 0 Å². The van der Waals surface area contributed by atoms with Crippen LogP contribution in [-0.4, -0.2) is 17.9 Å². The Labute approximate surface area is 66.3 Å². The second-order valence-corrected chi connectivity index (χ2v) is 2.18. The first kappa shape index (κ1) is 9.49. The van der Waals surface area contributed by atoms with E-state index in [4.69, 9.17) is 0 Å². The zero-order chi connectivity index (χ0) is 7.82. The molecule has 0 atom stereocenters. The molecule has 0 aliphatic heterocycles. The fraction of sp³-hybridized carbons (Fsp3) is 0.667. The number of hydrogen-bond acceptors (Lipinski definition) is 3. The van der Waals surface area contributed by atoms with Gasteiger partial charge in [0.15, 0.2) is 0 Å². The van der Waals surface area contributed by atoms with Gasteiger partial charge in [-0.2, -0.15) is 17.7 Å². The molecule has 0 aliphatic carbocycles. The standard InChI is InChI=1S/C6H12N2OS/c1-2-4-7-8-6(9)3-5-10/h4,10H,2-3,5H2,1H3,(H,8,9). The van der Waals surface area contributed by atoms with Gasteiger partial charge < -0.3 is 0 Å². The number of nitrogens with zero attached hydrogens (tertiary/aromatic N) is 1. The van der Waals surface area contributed by atoms with E-state index in [1.807, 2.05) is 6.92 Å². The maximum absolute atomic E-state index is 10.6. The van der Waals surface area contributed by atoms with Crippen molar-refractivity contribution in [2.75, 3.05) is 5.75 Å². The number of hydrazone groups is 1. The van der Waals surface area contributed by atoms with E-state index in [9.17, 15) is 4.79 Å². The number of carbonyl (C=O) groups excluding carboxylic acids is 1. The van der Waals surface area contributed by atoms with Crippen molar-refractivity contribution >= 4 is 24.8 Å². The molecule has 0 bridgehead atoms. The highest BCUT2D eigenvalue weighted by Gasteiger charge is 1.93. The van der Waals surface area contributed by atoms with E-state index < -0.39 is 0 Å². The Hall–Kier alpha value is -0.510. The van der Waals surface area contributed by atoms with E-state index in [0.717, 1.165) is 6.42 Å². The molecule has 58 valence electrons. The summed E-state index contributed by atoms with van der Waals surface area (Å²) >= 11 is 3.89. The highest BCUT2D eigenvalue weighted by Crippen LogP contribution is 1.82. The lowest BCUT2D eigenvalue weighted by Gasteiger charge is -1.93. The molecule has 0 aliphatic rings. The number of amides is 1. The predicted octanol–water partition coefficient (Wildman–Crippen LogP) is 0.818. The highest BCUT2D eigenvalue weighted by molar-refractivity contribution is 7.80. The molecule has 0 aromatic carbocycles. The van der Waals surface area contributed by atoms with Gasteiger partial charge in [-0.15, -0.1) is 0 Å². The topological polar surface area (TPSA) is 41.5 Å². The molecular weight excluding hydrogens is 148 g/mol. The van der Waals surface area contributed by atoms with Crippen LogP contribution < -0.4 is 5.43 Å². The van der Waals surface area contributed by atoms with Crippen LogP contribution in [0.5, 0.6) is 0 Å². The SMILES string of the molecule is CCC=NNC(=O)CCS. The van der Waals surface area contributed by atoms with Crippen molar-refractivity contribution < 1.29 is 4.79 Å². The van der Waals surface area contributed by atoms with Gasteiger partial charge in [-0.1, -0.05) is 6.92 Å². The zero-order valence-corrected chi connectivity index (χ0v) is 6.90. The number of carbonyl (C=O) groups is 1. The van der Waals surface area contributed by atoms with Crippen LogP contribution in [-0.2, 0) is 4.79 Å². The lowest BCUT2D eigenvalue weighted by atomic mass is 10.5. The Kier molecular flexibility index (Phi) is 6.27. The Morgan fingerprint density at radius 1 is 1.80 bits per heavy atom. The Morgan fingerprint density at radius 2 is 2.50 bits per heavy atom. The highest BCUT2D eigenvalue weighted by atomic mass is 32.1. The third kappa shape index (κ3) is 5.62. The molecule has 0 aromatic heterocycles. The number of nitrogens with one attached hydrogen (secondary N) is 1. The van der Waals surface area contributed by atoms with Gasteiger partial charge >= 0.3 is 0 Å². The lowest BCUT2D eigenvalue weighted by Crippen LogP contribution is -2.17. The molecule has 0 fully saturated rings. The van der Waals surface area contributed by atoms with Crippen molar-refractivity contribution in [1.29, 1.82) is 0 Å². The molecule has 10 heavy (non-hydrogen) atoms. The largest absolute Gasteiger partial charge is 0.273 e. The molecule has 0 spiro atoms. The van der Waals surface area contributed by atoms with Crippen LogP contribution in [0.4, 0.5) is 0 Å². The second-order valence-electron chi connectivity index (χ2n) is 1.73. The van der Waals surface area contributed by atoms with E-state index in [1.165, 1.54) is 0 Å². The van der Waals surface area contributed by atoms with E-state index in [-0.39, 0.29) is 5.91 Å². The van der Waals surface area contributed by atoms with E-state index >= 15 is 0 Å². The summed E-state index contributed by atoms with van der Waals surface area (Å²) in [7, 11) is 0. The van der Waals surface area contributed by atoms with Gasteiger partial charge in [0.05, 0.1) is 0 Å². The summed E-state index contributed by atoms with van der Waals surface area (Å²) in [6.45, 7) is 1.95. The lowest BCUT2D eigenvalue weighted by molar-refractivity contribution is -0.120. The van der Waals surface area contributed by atoms with Gasteiger partial charge in [0, 0.05) is 12.6 Å². The Bertz CT molecular complexity index is 125. The number of hydrogen-bond donors (Lipinski definition) is 2. The summed E-state index contributed by atoms with van der Waals surface area (Å²) in [5, 5.41) is 3.65. The molecular formula is C6H12N2OS. The summed E-state index contributed by atoms with van der Waals surface area (Å²) in [6, 6.07) is 0. The summed E-state index contributed by atoms with van der Waals surface area (Å²) in [5.41, 5.74) is 2.37. The third-order valence-corrected chi connectivity index (χ3v) is 1.03. The fourth-order valence-corrected chi connectivity index (χ4v) is 0.569. The molecule has 0 unspecified atom stereocenters. The van der Waals surface area contributed by atoms with Crippen LogP contribution in [0.25, 0.3) is 0 Å². The molecule has 0 heterocycles. The summed E-state index contributed by atoms with van der Waals surface area (Å²) < 4.78 is 0. The molecule has 0 radical (unpaired) electrons. The van der Waals surface area contributed by atoms with E-state index in [0.29, 0.717) is 12.2 Å². The summed E-state index contributed by atoms with van der Waals surface area (Å²) in [6.07, 6.45) is 2.90. The minimum Gasteiger partial charge on any atom is -0.273 e. The first-order chi connectivity index (χ1) is 4.81. The van der Waals surface area contributed by atoms with Crippen molar-refractivity contribution in [1.82, 2.24) is 5.43 Å². The average Bonchev–Trinajstić information content (AvgIpc) is 1.89. The van der Waals surface area contributed by atoms with E-state index in [2.05, 4.69) is 23.2 Å². The molecule has 1 N–H and O–H groups in total. The molecule has 4 heteroatoms. The fourth-order valence-electron chi connectivity index (χ4n) is 0.366. The third-order valence-electron chi connectivity index (χ3n) is 0.802. The molecule has 3 nitrogen and oxygen atoms in total.